The fourth-order valence-electron chi connectivity index (χ4n) is 2.34. The topological polar surface area (TPSA) is 156 Å². The molecule has 12 heteroatoms. The number of amides is 1. The molecule has 0 unspecified atom stereocenters. The number of carbonyl (C=O) groups excluding carboxylic acids is 1. The number of nitrogens with one attached hydrogen (secondary N) is 1. The first-order valence-corrected chi connectivity index (χ1v) is 9.31. The number of nitrogens with zero attached hydrogens (tertiary/aromatic N) is 5. The molecule has 3 N–H and O–H groups in total. The van der Waals surface area contributed by atoms with Crippen molar-refractivity contribution in [3.05, 3.63) is 64.5 Å². The van der Waals surface area contributed by atoms with Crippen molar-refractivity contribution in [1.29, 1.82) is 0 Å². The van der Waals surface area contributed by atoms with Crippen LogP contribution in [0, 0.1) is 10.1 Å². The van der Waals surface area contributed by atoms with Crippen LogP contribution in [-0.2, 0) is 0 Å². The van der Waals surface area contributed by atoms with E-state index in [4.69, 9.17) is 5.11 Å². The van der Waals surface area contributed by atoms with Gasteiger partial charge in [0.2, 0.25) is 0 Å². The van der Waals surface area contributed by atoms with Crippen LogP contribution in [0.15, 0.2) is 53.7 Å². The molecule has 0 saturated heterocycles. The first kappa shape index (κ1) is 20.4. The summed E-state index contributed by atoms with van der Waals surface area (Å²) in [7, 11) is 0. The normalized spacial score (nSPS) is 11.8. The number of aliphatic hydroxyl groups excluding tert-OH is 2. The van der Waals surface area contributed by atoms with Gasteiger partial charge in [-0.25, -0.2) is 4.68 Å². The van der Waals surface area contributed by atoms with Gasteiger partial charge in [-0.3, -0.25) is 14.9 Å². The van der Waals surface area contributed by atoms with Crippen LogP contribution in [0.2, 0.25) is 0 Å². The average molecular weight is 416 g/mol. The van der Waals surface area contributed by atoms with Crippen molar-refractivity contribution in [2.24, 2.45) is 0 Å². The van der Waals surface area contributed by atoms with Gasteiger partial charge in [0.1, 0.15) is 6.33 Å². The predicted molar refractivity (Wildman–Crippen MR) is 104 cm³/mol. The maximum absolute atomic E-state index is 12.5. The SMILES string of the molecule is O=C(Nc1cc(SC[C@H](O)CO)cc([N+](=O)[O-])c1)c1ccc(-n2cnnn2)cc1. The fourth-order valence-corrected chi connectivity index (χ4v) is 3.24. The van der Waals surface area contributed by atoms with Gasteiger partial charge in [-0.05, 0) is 40.8 Å². The molecule has 3 rings (SSSR count). The van der Waals surface area contributed by atoms with E-state index < -0.39 is 23.5 Å². The third-order valence-corrected chi connectivity index (χ3v) is 4.88. The fraction of sp³-hybridized carbons (Fsp3) is 0.176. The van der Waals surface area contributed by atoms with E-state index in [1.165, 1.54) is 23.1 Å². The number of carbonyl (C=O) groups is 1. The Morgan fingerprint density at radius 2 is 2.03 bits per heavy atom. The van der Waals surface area contributed by atoms with Crippen molar-refractivity contribution < 1.29 is 19.9 Å². The minimum Gasteiger partial charge on any atom is -0.394 e. The number of hydrogen-bond acceptors (Lipinski definition) is 9. The lowest BCUT2D eigenvalue weighted by Gasteiger charge is -2.10. The maximum atomic E-state index is 12.5. The number of aromatic nitrogens is 4. The van der Waals surface area contributed by atoms with Gasteiger partial charge >= 0.3 is 0 Å². The second-order valence-electron chi connectivity index (χ2n) is 5.88. The molecule has 2 aromatic carbocycles. The number of aliphatic hydroxyl groups is 2. The Hall–Kier alpha value is -3.35. The summed E-state index contributed by atoms with van der Waals surface area (Å²) in [6, 6.07) is 10.6. The lowest BCUT2D eigenvalue weighted by atomic mass is 10.2. The van der Waals surface area contributed by atoms with E-state index in [1.807, 2.05) is 0 Å². The smallest absolute Gasteiger partial charge is 0.272 e. The van der Waals surface area contributed by atoms with Crippen LogP contribution in [0.3, 0.4) is 0 Å². The monoisotopic (exact) mass is 416 g/mol. The predicted octanol–water partition coefficient (Wildman–Crippen LogP) is 1.27. The zero-order valence-electron chi connectivity index (χ0n) is 14.9. The molecule has 0 bridgehead atoms. The molecule has 0 saturated carbocycles. The zero-order chi connectivity index (χ0) is 20.8. The molecule has 0 fully saturated rings. The molecule has 11 nitrogen and oxygen atoms in total. The van der Waals surface area contributed by atoms with Crippen LogP contribution in [0.4, 0.5) is 11.4 Å². The molecule has 29 heavy (non-hydrogen) atoms. The number of non-ortho nitro benzene ring substituents is 1. The van der Waals surface area contributed by atoms with E-state index in [-0.39, 0.29) is 17.1 Å². The summed E-state index contributed by atoms with van der Waals surface area (Å²) in [6.07, 6.45) is 0.474. The molecule has 3 aromatic rings. The summed E-state index contributed by atoms with van der Waals surface area (Å²) in [5.41, 5.74) is 1.06. The van der Waals surface area contributed by atoms with E-state index in [1.54, 1.807) is 30.3 Å². The highest BCUT2D eigenvalue weighted by molar-refractivity contribution is 7.99. The van der Waals surface area contributed by atoms with Crippen molar-refractivity contribution in [3.63, 3.8) is 0 Å². The molecule has 150 valence electrons. The highest BCUT2D eigenvalue weighted by Gasteiger charge is 2.14. The third kappa shape index (κ3) is 5.34. The summed E-state index contributed by atoms with van der Waals surface area (Å²) >= 11 is 1.13. The molecule has 0 aliphatic carbocycles. The molecule has 1 aromatic heterocycles. The Labute approximate surface area is 168 Å². The van der Waals surface area contributed by atoms with E-state index in [2.05, 4.69) is 20.8 Å². The largest absolute Gasteiger partial charge is 0.394 e. The van der Waals surface area contributed by atoms with Crippen LogP contribution < -0.4 is 5.32 Å². The van der Waals surface area contributed by atoms with Gasteiger partial charge in [0.25, 0.3) is 11.6 Å². The number of anilines is 1. The first-order chi connectivity index (χ1) is 14.0. The number of tetrazole rings is 1. The molecule has 0 aliphatic heterocycles. The van der Waals surface area contributed by atoms with Crippen molar-refractivity contribution in [1.82, 2.24) is 20.2 Å². The van der Waals surface area contributed by atoms with Crippen LogP contribution in [-0.4, -0.2) is 59.7 Å². The number of thioether (sulfide) groups is 1. The van der Waals surface area contributed by atoms with Crippen LogP contribution >= 0.6 is 11.8 Å². The van der Waals surface area contributed by atoms with E-state index in [0.29, 0.717) is 16.1 Å². The maximum Gasteiger partial charge on any atom is 0.272 e. The van der Waals surface area contributed by atoms with E-state index in [0.717, 1.165) is 11.8 Å². The second kappa shape index (κ2) is 9.23. The van der Waals surface area contributed by atoms with Gasteiger partial charge in [0.15, 0.2) is 0 Å². The zero-order valence-corrected chi connectivity index (χ0v) is 15.7. The van der Waals surface area contributed by atoms with Crippen LogP contribution in [0.5, 0.6) is 0 Å². The Morgan fingerprint density at radius 3 is 2.66 bits per heavy atom. The number of benzene rings is 2. The Kier molecular flexibility index (Phi) is 6.49. The van der Waals surface area contributed by atoms with Crippen molar-refractivity contribution >= 4 is 29.0 Å². The molecule has 0 spiro atoms. The third-order valence-electron chi connectivity index (χ3n) is 3.76. The molecule has 1 heterocycles. The molecular weight excluding hydrogens is 400 g/mol. The first-order valence-electron chi connectivity index (χ1n) is 8.32. The Bertz CT molecular complexity index is 996. The summed E-state index contributed by atoms with van der Waals surface area (Å²) in [4.78, 5) is 23.6. The minimum atomic E-state index is -0.948. The average Bonchev–Trinajstić information content (AvgIpc) is 3.26. The van der Waals surface area contributed by atoms with Crippen molar-refractivity contribution in [2.75, 3.05) is 17.7 Å². The van der Waals surface area contributed by atoms with Crippen LogP contribution in [0.1, 0.15) is 10.4 Å². The van der Waals surface area contributed by atoms with Gasteiger partial charge < -0.3 is 15.5 Å². The second-order valence-corrected chi connectivity index (χ2v) is 6.97. The standard InChI is InChI=1S/C17H16N6O5S/c24-8-15(25)9-29-16-6-12(5-14(7-16)23(27)28)19-17(26)11-1-3-13(4-2-11)22-10-18-20-21-22/h1-7,10,15,24-25H,8-9H2,(H,19,26)/t15-/m1/s1. The summed E-state index contributed by atoms with van der Waals surface area (Å²) in [6.45, 7) is -0.411. The Balaban J connectivity index is 1.76. The van der Waals surface area contributed by atoms with Crippen molar-refractivity contribution in [3.8, 4) is 5.69 Å². The highest BCUT2D eigenvalue weighted by Crippen LogP contribution is 2.28. The quantitative estimate of drug-likeness (QED) is 0.279. The van der Waals surface area contributed by atoms with Gasteiger partial charge in [-0.2, -0.15) is 0 Å². The molecular formula is C17H16N6O5S. The van der Waals surface area contributed by atoms with E-state index >= 15 is 0 Å². The number of hydrogen-bond donors (Lipinski definition) is 3. The van der Waals surface area contributed by atoms with Crippen molar-refractivity contribution in [2.45, 2.75) is 11.0 Å². The van der Waals surface area contributed by atoms with E-state index in [9.17, 15) is 20.0 Å². The van der Waals surface area contributed by atoms with Gasteiger partial charge in [0, 0.05) is 34.0 Å². The lowest BCUT2D eigenvalue weighted by Crippen LogP contribution is -2.14. The minimum absolute atomic E-state index is 0.156. The molecule has 1 amide bonds. The molecule has 1 atom stereocenters. The lowest BCUT2D eigenvalue weighted by molar-refractivity contribution is -0.385. The molecule has 0 radical (unpaired) electrons. The van der Waals surface area contributed by atoms with Gasteiger partial charge in [0.05, 0.1) is 23.3 Å². The highest BCUT2D eigenvalue weighted by atomic mass is 32.2. The Morgan fingerprint density at radius 1 is 1.28 bits per heavy atom. The van der Waals surface area contributed by atoms with Gasteiger partial charge in [-0.15, -0.1) is 16.9 Å². The molecule has 0 aliphatic rings. The number of nitro benzene ring substituents is 1. The summed E-state index contributed by atoms with van der Waals surface area (Å²) in [5, 5.41) is 43.0. The van der Waals surface area contributed by atoms with Crippen LogP contribution in [0.25, 0.3) is 5.69 Å². The summed E-state index contributed by atoms with van der Waals surface area (Å²) in [5.74, 6) is -0.288. The van der Waals surface area contributed by atoms with Gasteiger partial charge in [-0.1, -0.05) is 0 Å². The number of rotatable bonds is 8. The summed E-state index contributed by atoms with van der Waals surface area (Å²) < 4.78 is 1.44. The number of nitro groups is 1.